The molecule has 0 bridgehead atoms. The molecule has 3 aromatic rings. The van der Waals surface area contributed by atoms with E-state index >= 15 is 0 Å². The molecule has 0 aromatic heterocycles. The van der Waals surface area contributed by atoms with Crippen molar-refractivity contribution < 1.29 is 19.0 Å². The molecular weight excluding hydrogens is 385 g/mol. The summed E-state index contributed by atoms with van der Waals surface area (Å²) in [5.74, 6) is -1.01. The van der Waals surface area contributed by atoms with Crippen LogP contribution in [0.2, 0.25) is 0 Å². The number of phenolic OH excluding ortho intramolecular Hbond substituents is 1. The zero-order chi connectivity index (χ0) is 21.1. The molecular formula is C23H22FN3O3. The number of carbonyl (C=O) groups is 1. The van der Waals surface area contributed by atoms with Crippen LogP contribution in [-0.4, -0.2) is 43.0 Å². The molecule has 0 radical (unpaired) electrons. The molecule has 6 nitrogen and oxygen atoms in total. The van der Waals surface area contributed by atoms with Gasteiger partial charge in [0.05, 0.1) is 30.2 Å². The summed E-state index contributed by atoms with van der Waals surface area (Å²) in [4.78, 5) is 14.4. The van der Waals surface area contributed by atoms with Gasteiger partial charge in [-0.3, -0.25) is 4.79 Å². The van der Waals surface area contributed by atoms with Crippen molar-refractivity contribution in [1.82, 2.24) is 5.43 Å². The minimum absolute atomic E-state index is 0.124. The van der Waals surface area contributed by atoms with Gasteiger partial charge < -0.3 is 14.7 Å². The Labute approximate surface area is 173 Å². The number of hydrazone groups is 1. The van der Waals surface area contributed by atoms with Crippen molar-refractivity contribution in [2.24, 2.45) is 5.10 Å². The van der Waals surface area contributed by atoms with Crippen LogP contribution < -0.4 is 10.3 Å². The average molecular weight is 407 g/mol. The number of fused-ring (bicyclic) bond motifs is 1. The Bertz CT molecular complexity index is 1120. The summed E-state index contributed by atoms with van der Waals surface area (Å²) in [7, 11) is 0. The number of ether oxygens (including phenoxy) is 1. The number of carbonyl (C=O) groups excluding carboxylic acids is 1. The highest BCUT2D eigenvalue weighted by molar-refractivity contribution is 6.03. The molecule has 7 heteroatoms. The molecule has 1 amide bonds. The van der Waals surface area contributed by atoms with Crippen LogP contribution in [0.25, 0.3) is 10.8 Å². The molecule has 3 aromatic carbocycles. The molecule has 0 aliphatic carbocycles. The van der Waals surface area contributed by atoms with E-state index in [1.165, 1.54) is 6.07 Å². The number of hydrogen-bond acceptors (Lipinski definition) is 5. The van der Waals surface area contributed by atoms with E-state index in [2.05, 4.69) is 10.5 Å². The number of rotatable bonds is 4. The van der Waals surface area contributed by atoms with E-state index in [-0.39, 0.29) is 17.1 Å². The van der Waals surface area contributed by atoms with Gasteiger partial charge in [-0.05, 0) is 42.0 Å². The third kappa shape index (κ3) is 4.11. The normalized spacial score (nSPS) is 14.7. The largest absolute Gasteiger partial charge is 0.507 e. The molecule has 0 saturated carbocycles. The van der Waals surface area contributed by atoms with Crippen molar-refractivity contribution in [2.45, 2.75) is 6.92 Å². The van der Waals surface area contributed by atoms with E-state index in [1.807, 2.05) is 29.2 Å². The number of nitrogens with one attached hydrogen (secondary N) is 1. The van der Waals surface area contributed by atoms with Gasteiger partial charge in [0.25, 0.3) is 5.91 Å². The van der Waals surface area contributed by atoms with Crippen molar-refractivity contribution in [3.8, 4) is 5.75 Å². The second kappa shape index (κ2) is 8.51. The highest BCUT2D eigenvalue weighted by atomic mass is 19.1. The van der Waals surface area contributed by atoms with E-state index in [0.717, 1.165) is 10.8 Å². The summed E-state index contributed by atoms with van der Waals surface area (Å²) >= 11 is 0. The molecule has 2 N–H and O–H groups in total. The molecule has 1 heterocycles. The molecule has 30 heavy (non-hydrogen) atoms. The van der Waals surface area contributed by atoms with Crippen LogP contribution in [0.1, 0.15) is 22.8 Å². The lowest BCUT2D eigenvalue weighted by Crippen LogP contribution is -2.36. The van der Waals surface area contributed by atoms with Crippen molar-refractivity contribution >= 4 is 28.1 Å². The predicted molar refractivity (Wildman–Crippen MR) is 115 cm³/mol. The Morgan fingerprint density at radius 3 is 2.50 bits per heavy atom. The highest BCUT2D eigenvalue weighted by Gasteiger charge is 2.16. The van der Waals surface area contributed by atoms with Crippen LogP contribution in [0.3, 0.4) is 0 Å². The molecule has 0 spiro atoms. The summed E-state index contributed by atoms with van der Waals surface area (Å²) < 4.78 is 19.9. The Morgan fingerprint density at radius 1 is 1.10 bits per heavy atom. The fourth-order valence-corrected chi connectivity index (χ4v) is 3.46. The van der Waals surface area contributed by atoms with Gasteiger partial charge in [0.2, 0.25) is 0 Å². The molecule has 1 fully saturated rings. The molecule has 1 saturated heterocycles. The van der Waals surface area contributed by atoms with E-state index in [9.17, 15) is 14.3 Å². The van der Waals surface area contributed by atoms with Crippen molar-refractivity contribution in [2.75, 3.05) is 31.2 Å². The van der Waals surface area contributed by atoms with Crippen LogP contribution in [-0.2, 0) is 4.74 Å². The fraction of sp³-hybridized carbons (Fsp3) is 0.217. The summed E-state index contributed by atoms with van der Waals surface area (Å²) in [6, 6.07) is 15.5. The van der Waals surface area contributed by atoms with Gasteiger partial charge in [-0.25, -0.2) is 9.82 Å². The first-order chi connectivity index (χ1) is 14.5. The molecule has 0 unspecified atom stereocenters. The summed E-state index contributed by atoms with van der Waals surface area (Å²) in [6.45, 7) is 4.14. The number of halogens is 1. The summed E-state index contributed by atoms with van der Waals surface area (Å²) in [5.41, 5.74) is 4.11. The van der Waals surface area contributed by atoms with Crippen LogP contribution >= 0.6 is 0 Å². The maximum absolute atomic E-state index is 14.6. The molecule has 154 valence electrons. The molecule has 1 aliphatic heterocycles. The number of nitrogens with zero attached hydrogens (tertiary/aromatic N) is 2. The molecule has 0 atom stereocenters. The van der Waals surface area contributed by atoms with Gasteiger partial charge >= 0.3 is 0 Å². The number of aromatic hydroxyl groups is 1. The maximum Gasteiger partial charge on any atom is 0.275 e. The lowest BCUT2D eigenvalue weighted by Gasteiger charge is -2.29. The average Bonchev–Trinajstić information content (AvgIpc) is 2.77. The van der Waals surface area contributed by atoms with Gasteiger partial charge in [-0.1, -0.05) is 30.3 Å². The first kappa shape index (κ1) is 19.8. The van der Waals surface area contributed by atoms with Gasteiger partial charge in [-0.15, -0.1) is 0 Å². The van der Waals surface area contributed by atoms with Crippen LogP contribution in [0.4, 0.5) is 10.1 Å². The smallest absolute Gasteiger partial charge is 0.275 e. The van der Waals surface area contributed by atoms with Crippen LogP contribution in [0.5, 0.6) is 5.75 Å². The zero-order valence-electron chi connectivity index (χ0n) is 16.6. The van der Waals surface area contributed by atoms with Crippen LogP contribution in [0, 0.1) is 5.82 Å². The lowest BCUT2D eigenvalue weighted by molar-refractivity contribution is 0.0952. The Kier molecular flexibility index (Phi) is 5.63. The molecule has 1 aliphatic rings. The predicted octanol–water partition coefficient (Wildman–Crippen LogP) is 3.68. The number of morpholine rings is 1. The topological polar surface area (TPSA) is 74.2 Å². The number of phenols is 1. The van der Waals surface area contributed by atoms with E-state index < -0.39 is 5.91 Å². The van der Waals surface area contributed by atoms with Crippen molar-refractivity contribution in [1.29, 1.82) is 0 Å². The number of hydrogen-bond donors (Lipinski definition) is 2. The first-order valence-electron chi connectivity index (χ1n) is 9.72. The summed E-state index contributed by atoms with van der Waals surface area (Å²) in [5, 5.41) is 15.9. The maximum atomic E-state index is 14.6. The lowest BCUT2D eigenvalue weighted by atomic mass is 10.1. The minimum Gasteiger partial charge on any atom is -0.507 e. The summed E-state index contributed by atoms with van der Waals surface area (Å²) in [6.07, 6.45) is 0. The fourth-order valence-electron chi connectivity index (χ4n) is 3.46. The van der Waals surface area contributed by atoms with Crippen LogP contribution in [0.15, 0.2) is 59.7 Å². The first-order valence-corrected chi connectivity index (χ1v) is 9.72. The van der Waals surface area contributed by atoms with Gasteiger partial charge in [0, 0.05) is 18.7 Å². The van der Waals surface area contributed by atoms with E-state index in [0.29, 0.717) is 43.3 Å². The van der Waals surface area contributed by atoms with Crippen molar-refractivity contribution in [3.05, 3.63) is 71.5 Å². The van der Waals surface area contributed by atoms with E-state index in [1.54, 1.807) is 31.2 Å². The van der Waals surface area contributed by atoms with Gasteiger partial charge in [0.1, 0.15) is 11.6 Å². The van der Waals surface area contributed by atoms with Crippen molar-refractivity contribution in [3.63, 3.8) is 0 Å². The Balaban J connectivity index is 1.50. The quantitative estimate of drug-likeness (QED) is 0.511. The zero-order valence-corrected chi connectivity index (χ0v) is 16.6. The SMILES string of the molecule is C/C(=N/NC(=O)c1cc2ccccc2cc1O)c1ccc(N2CCOCC2)c(F)c1. The van der Waals surface area contributed by atoms with Gasteiger partial charge in [0.15, 0.2) is 0 Å². The Morgan fingerprint density at radius 2 is 1.80 bits per heavy atom. The van der Waals surface area contributed by atoms with Gasteiger partial charge in [-0.2, -0.15) is 5.10 Å². The monoisotopic (exact) mass is 407 g/mol. The number of amides is 1. The Hall–Kier alpha value is -3.45. The molecule has 4 rings (SSSR count). The number of anilines is 1. The second-order valence-corrected chi connectivity index (χ2v) is 7.12. The third-order valence-electron chi connectivity index (χ3n) is 5.15. The standard InChI is InChI=1S/C23H22FN3O3/c1-15(16-6-7-21(20(24)13-16)27-8-10-30-11-9-27)25-26-23(29)19-12-17-4-2-3-5-18(17)14-22(19)28/h2-7,12-14,28H,8-11H2,1H3,(H,26,29)/b25-15-. The third-order valence-corrected chi connectivity index (χ3v) is 5.15. The minimum atomic E-state index is -0.539. The number of benzene rings is 3. The highest BCUT2D eigenvalue weighted by Crippen LogP contribution is 2.25. The van der Waals surface area contributed by atoms with E-state index in [4.69, 9.17) is 4.74 Å². The second-order valence-electron chi connectivity index (χ2n) is 7.12.